The molecule has 1 saturated heterocycles. The van der Waals surface area contributed by atoms with Crippen molar-refractivity contribution in [2.75, 3.05) is 13.1 Å². The molecule has 0 bridgehead atoms. The topological polar surface area (TPSA) is 3.24 Å². The van der Waals surface area contributed by atoms with Crippen LogP contribution in [0.3, 0.4) is 0 Å². The van der Waals surface area contributed by atoms with E-state index in [-0.39, 0.29) is 0 Å². The SMILES string of the molecule is CC1(C)C2CN(C(C)(C)C)CC21. The summed E-state index contributed by atoms with van der Waals surface area (Å²) in [6, 6.07) is 0. The van der Waals surface area contributed by atoms with Crippen LogP contribution in [0.15, 0.2) is 0 Å². The lowest BCUT2D eigenvalue weighted by Crippen LogP contribution is -2.42. The first-order valence-electron chi connectivity index (χ1n) is 5.08. The van der Waals surface area contributed by atoms with E-state index in [9.17, 15) is 0 Å². The van der Waals surface area contributed by atoms with Crippen LogP contribution in [0.5, 0.6) is 0 Å². The van der Waals surface area contributed by atoms with Crippen LogP contribution < -0.4 is 0 Å². The average molecular weight is 167 g/mol. The molecule has 0 aromatic heterocycles. The van der Waals surface area contributed by atoms with Gasteiger partial charge in [-0.3, -0.25) is 4.90 Å². The van der Waals surface area contributed by atoms with Crippen molar-refractivity contribution in [3.8, 4) is 0 Å². The summed E-state index contributed by atoms with van der Waals surface area (Å²) in [5.41, 5.74) is 1.06. The minimum Gasteiger partial charge on any atom is -0.298 e. The Labute approximate surface area is 76.1 Å². The number of rotatable bonds is 0. The molecule has 2 atom stereocenters. The van der Waals surface area contributed by atoms with Crippen molar-refractivity contribution in [2.45, 2.75) is 40.2 Å². The minimum absolute atomic E-state index is 0.392. The Morgan fingerprint density at radius 1 is 1.08 bits per heavy atom. The fraction of sp³-hybridized carbons (Fsp3) is 1.00. The lowest BCUT2D eigenvalue weighted by atomic mass is 10.0. The predicted molar refractivity (Wildman–Crippen MR) is 52.1 cm³/mol. The van der Waals surface area contributed by atoms with Crippen LogP contribution in [0.25, 0.3) is 0 Å². The van der Waals surface area contributed by atoms with Crippen LogP contribution in [0.4, 0.5) is 0 Å². The fourth-order valence-electron chi connectivity index (χ4n) is 2.68. The number of fused-ring (bicyclic) bond motifs is 1. The Morgan fingerprint density at radius 2 is 1.50 bits per heavy atom. The molecule has 0 N–H and O–H groups in total. The molecule has 2 aliphatic rings. The summed E-state index contributed by atoms with van der Waals surface area (Å²) >= 11 is 0. The Morgan fingerprint density at radius 3 is 1.83 bits per heavy atom. The molecule has 0 aromatic carbocycles. The van der Waals surface area contributed by atoms with Crippen molar-refractivity contribution >= 4 is 0 Å². The normalized spacial score (nSPS) is 39.8. The highest BCUT2D eigenvalue weighted by molar-refractivity contribution is 5.12. The Balaban J connectivity index is 1.99. The largest absolute Gasteiger partial charge is 0.298 e. The molecule has 1 heterocycles. The first-order chi connectivity index (χ1) is 5.33. The minimum atomic E-state index is 0.392. The van der Waals surface area contributed by atoms with Gasteiger partial charge in [0.15, 0.2) is 0 Å². The van der Waals surface area contributed by atoms with E-state index in [0.717, 1.165) is 11.8 Å². The zero-order chi connectivity index (χ0) is 9.15. The summed E-state index contributed by atoms with van der Waals surface area (Å²) in [7, 11) is 0. The van der Waals surface area contributed by atoms with Gasteiger partial charge in [-0.05, 0) is 38.0 Å². The number of piperidine rings is 1. The summed E-state index contributed by atoms with van der Waals surface area (Å²) in [5.74, 6) is 1.99. The van der Waals surface area contributed by atoms with Crippen molar-refractivity contribution in [2.24, 2.45) is 17.3 Å². The van der Waals surface area contributed by atoms with E-state index >= 15 is 0 Å². The van der Waals surface area contributed by atoms with E-state index in [1.807, 2.05) is 0 Å². The maximum atomic E-state index is 2.63. The third-order valence-corrected chi connectivity index (χ3v) is 4.07. The zero-order valence-corrected chi connectivity index (χ0v) is 9.02. The molecule has 1 saturated carbocycles. The van der Waals surface area contributed by atoms with Gasteiger partial charge in [-0.2, -0.15) is 0 Å². The standard InChI is InChI=1S/C11H21N/c1-10(2,3)12-6-8-9(7-12)11(8,4)5/h8-9H,6-7H2,1-5H3. The molecule has 1 heteroatoms. The van der Waals surface area contributed by atoms with Gasteiger partial charge in [0.1, 0.15) is 0 Å². The Kier molecular flexibility index (Phi) is 1.47. The van der Waals surface area contributed by atoms with Gasteiger partial charge in [-0.1, -0.05) is 13.8 Å². The molecular weight excluding hydrogens is 146 g/mol. The number of hydrogen-bond donors (Lipinski definition) is 0. The molecular formula is C11H21N. The third-order valence-electron chi connectivity index (χ3n) is 4.07. The third kappa shape index (κ3) is 1.02. The summed E-state index contributed by atoms with van der Waals surface area (Å²) in [6.45, 7) is 14.5. The van der Waals surface area contributed by atoms with Crippen LogP contribution in [0.1, 0.15) is 34.6 Å². The molecule has 2 unspecified atom stereocenters. The van der Waals surface area contributed by atoms with Crippen LogP contribution in [-0.4, -0.2) is 23.5 Å². The average Bonchev–Trinajstić information content (AvgIpc) is 2.31. The van der Waals surface area contributed by atoms with Crippen molar-refractivity contribution in [1.82, 2.24) is 4.90 Å². The molecule has 0 spiro atoms. The lowest BCUT2D eigenvalue weighted by molar-refractivity contribution is 0.136. The number of likely N-dealkylation sites (tertiary alicyclic amines) is 1. The van der Waals surface area contributed by atoms with Gasteiger partial charge in [-0.25, -0.2) is 0 Å². The lowest BCUT2D eigenvalue weighted by Gasteiger charge is -2.34. The predicted octanol–water partition coefficient (Wildman–Crippen LogP) is 2.37. The molecule has 2 rings (SSSR count). The Bertz CT molecular complexity index is 186. The maximum Gasteiger partial charge on any atom is 0.0125 e. The molecule has 1 aliphatic carbocycles. The molecule has 1 nitrogen and oxygen atoms in total. The van der Waals surface area contributed by atoms with E-state index in [2.05, 4.69) is 39.5 Å². The van der Waals surface area contributed by atoms with Crippen LogP contribution in [0.2, 0.25) is 0 Å². The van der Waals surface area contributed by atoms with E-state index in [0.29, 0.717) is 11.0 Å². The summed E-state index contributed by atoms with van der Waals surface area (Å²) in [5, 5.41) is 0. The highest BCUT2D eigenvalue weighted by atomic mass is 15.2. The summed E-state index contributed by atoms with van der Waals surface area (Å²) in [6.07, 6.45) is 0. The van der Waals surface area contributed by atoms with E-state index < -0.39 is 0 Å². The van der Waals surface area contributed by atoms with Gasteiger partial charge in [0.25, 0.3) is 0 Å². The quantitative estimate of drug-likeness (QED) is 0.535. The van der Waals surface area contributed by atoms with Crippen LogP contribution >= 0.6 is 0 Å². The molecule has 2 fully saturated rings. The van der Waals surface area contributed by atoms with Gasteiger partial charge in [0.05, 0.1) is 0 Å². The van der Waals surface area contributed by atoms with Crippen LogP contribution in [0, 0.1) is 17.3 Å². The molecule has 0 aromatic rings. The van der Waals surface area contributed by atoms with Gasteiger partial charge in [-0.15, -0.1) is 0 Å². The van der Waals surface area contributed by atoms with Gasteiger partial charge in [0, 0.05) is 18.6 Å². The maximum absolute atomic E-state index is 2.63. The molecule has 70 valence electrons. The Hall–Kier alpha value is -0.0400. The smallest absolute Gasteiger partial charge is 0.0125 e. The van der Waals surface area contributed by atoms with E-state index in [1.54, 1.807) is 0 Å². The van der Waals surface area contributed by atoms with Crippen molar-refractivity contribution < 1.29 is 0 Å². The molecule has 12 heavy (non-hydrogen) atoms. The van der Waals surface area contributed by atoms with Gasteiger partial charge in [0.2, 0.25) is 0 Å². The number of hydrogen-bond acceptors (Lipinski definition) is 1. The highest BCUT2D eigenvalue weighted by Gasteiger charge is 2.62. The summed E-state index contributed by atoms with van der Waals surface area (Å²) in [4.78, 5) is 2.63. The monoisotopic (exact) mass is 167 g/mol. The van der Waals surface area contributed by atoms with Gasteiger partial charge >= 0.3 is 0 Å². The highest BCUT2D eigenvalue weighted by Crippen LogP contribution is 2.62. The molecule has 0 amide bonds. The second kappa shape index (κ2) is 2.06. The van der Waals surface area contributed by atoms with Crippen LogP contribution in [-0.2, 0) is 0 Å². The van der Waals surface area contributed by atoms with Crippen molar-refractivity contribution in [1.29, 1.82) is 0 Å². The summed E-state index contributed by atoms with van der Waals surface area (Å²) < 4.78 is 0. The van der Waals surface area contributed by atoms with E-state index in [1.165, 1.54) is 13.1 Å². The second-order valence-corrected chi connectivity index (χ2v) is 6.11. The fourth-order valence-corrected chi connectivity index (χ4v) is 2.68. The molecule has 0 radical (unpaired) electrons. The first kappa shape index (κ1) is 8.55. The molecule has 1 aliphatic heterocycles. The van der Waals surface area contributed by atoms with E-state index in [4.69, 9.17) is 0 Å². The number of nitrogens with zero attached hydrogens (tertiary/aromatic N) is 1. The zero-order valence-electron chi connectivity index (χ0n) is 9.02. The van der Waals surface area contributed by atoms with Crippen molar-refractivity contribution in [3.63, 3.8) is 0 Å². The first-order valence-corrected chi connectivity index (χ1v) is 5.08. The van der Waals surface area contributed by atoms with Crippen molar-refractivity contribution in [3.05, 3.63) is 0 Å². The van der Waals surface area contributed by atoms with Gasteiger partial charge < -0.3 is 0 Å². The second-order valence-electron chi connectivity index (χ2n) is 6.11.